The van der Waals surface area contributed by atoms with Crippen molar-refractivity contribution in [1.82, 2.24) is 10.2 Å². The number of benzene rings is 1. The van der Waals surface area contributed by atoms with Crippen molar-refractivity contribution in [2.45, 2.75) is 25.9 Å². The molecule has 0 aliphatic carbocycles. The van der Waals surface area contributed by atoms with E-state index in [1.165, 1.54) is 0 Å². The molecule has 1 atom stereocenters. The van der Waals surface area contributed by atoms with Crippen LogP contribution in [0, 0.1) is 0 Å². The molecule has 2 heterocycles. The number of amides is 1. The van der Waals surface area contributed by atoms with Gasteiger partial charge in [-0.3, -0.25) is 9.80 Å². The minimum Gasteiger partial charge on any atom is -0.444 e. The van der Waals surface area contributed by atoms with E-state index < -0.39 is 0 Å². The minimum atomic E-state index is -0.296. The largest absolute Gasteiger partial charge is 0.444 e. The standard InChI is InChI=1S/C20H29FN4O2S/c1-2-19(28)22-9-7-18-15-25(20(26)27-18)17-5-3-16(4-6-17)24-13-11-23(10-8-21)12-14-24/h3-6,18H,2,7-15H2,1H3,(H,22,28)/t18-/m0/s1. The number of hydrogen-bond acceptors (Lipinski definition) is 5. The number of thiocarbonyl (C=S) groups is 1. The van der Waals surface area contributed by atoms with E-state index in [0.717, 1.165) is 55.4 Å². The Hall–Kier alpha value is -1.93. The molecular weight excluding hydrogens is 379 g/mol. The lowest BCUT2D eigenvalue weighted by atomic mass is 10.2. The molecule has 28 heavy (non-hydrogen) atoms. The van der Waals surface area contributed by atoms with Crippen molar-refractivity contribution in [2.75, 3.05) is 62.3 Å². The molecule has 1 aromatic rings. The number of nitrogens with zero attached hydrogens (tertiary/aromatic N) is 3. The number of halogens is 1. The fourth-order valence-electron chi connectivity index (χ4n) is 3.57. The first-order chi connectivity index (χ1) is 13.6. The molecule has 1 N–H and O–H groups in total. The van der Waals surface area contributed by atoms with Crippen LogP contribution in [0.25, 0.3) is 0 Å². The van der Waals surface area contributed by atoms with Crippen LogP contribution in [0.5, 0.6) is 0 Å². The van der Waals surface area contributed by atoms with Crippen molar-refractivity contribution in [3.8, 4) is 0 Å². The Morgan fingerprint density at radius 2 is 1.89 bits per heavy atom. The maximum Gasteiger partial charge on any atom is 0.414 e. The molecule has 0 radical (unpaired) electrons. The Bertz CT molecular complexity index is 665. The third-order valence-electron chi connectivity index (χ3n) is 5.28. The highest BCUT2D eigenvalue weighted by atomic mass is 32.1. The zero-order valence-corrected chi connectivity index (χ0v) is 17.2. The van der Waals surface area contributed by atoms with Crippen molar-refractivity contribution < 1.29 is 13.9 Å². The first-order valence-corrected chi connectivity index (χ1v) is 10.4. The molecule has 0 unspecified atom stereocenters. The van der Waals surface area contributed by atoms with Gasteiger partial charge >= 0.3 is 6.09 Å². The number of alkyl halides is 1. The van der Waals surface area contributed by atoms with E-state index in [2.05, 4.69) is 15.1 Å². The number of cyclic esters (lactones) is 1. The second-order valence-corrected chi connectivity index (χ2v) is 7.64. The molecule has 1 amide bonds. The van der Waals surface area contributed by atoms with E-state index in [-0.39, 0.29) is 18.9 Å². The zero-order chi connectivity index (χ0) is 19.9. The summed E-state index contributed by atoms with van der Waals surface area (Å²) in [6, 6.07) is 8.03. The van der Waals surface area contributed by atoms with Gasteiger partial charge in [-0.1, -0.05) is 19.1 Å². The summed E-state index contributed by atoms with van der Waals surface area (Å²) in [6.07, 6.45) is 1.14. The molecule has 8 heteroatoms. The van der Waals surface area contributed by atoms with Gasteiger partial charge < -0.3 is 15.0 Å². The van der Waals surface area contributed by atoms with Crippen LogP contribution >= 0.6 is 12.2 Å². The summed E-state index contributed by atoms with van der Waals surface area (Å²) in [7, 11) is 0. The zero-order valence-electron chi connectivity index (χ0n) is 16.4. The fourth-order valence-corrected chi connectivity index (χ4v) is 3.67. The molecular formula is C20H29FN4O2S. The predicted octanol–water partition coefficient (Wildman–Crippen LogP) is 2.82. The van der Waals surface area contributed by atoms with Gasteiger partial charge in [0.25, 0.3) is 0 Å². The molecule has 1 aromatic carbocycles. The number of carbonyl (C=O) groups excluding carboxylic acids is 1. The van der Waals surface area contributed by atoms with E-state index in [1.807, 2.05) is 31.2 Å². The van der Waals surface area contributed by atoms with Crippen molar-refractivity contribution in [1.29, 1.82) is 0 Å². The average Bonchev–Trinajstić information content (AvgIpc) is 3.09. The van der Waals surface area contributed by atoms with E-state index in [1.54, 1.807) is 4.90 Å². The van der Waals surface area contributed by atoms with Crippen LogP contribution < -0.4 is 15.1 Å². The Labute approximate surface area is 171 Å². The Kier molecular flexibility index (Phi) is 7.44. The summed E-state index contributed by atoms with van der Waals surface area (Å²) in [4.78, 5) is 19.2. The second kappa shape index (κ2) is 10.0. The van der Waals surface area contributed by atoms with E-state index in [0.29, 0.717) is 19.6 Å². The number of rotatable bonds is 8. The molecule has 2 saturated heterocycles. The van der Waals surface area contributed by atoms with Crippen LogP contribution in [0.1, 0.15) is 19.8 Å². The maximum atomic E-state index is 12.5. The van der Waals surface area contributed by atoms with Crippen LogP contribution in [0.4, 0.5) is 20.6 Å². The summed E-state index contributed by atoms with van der Waals surface area (Å²) < 4.78 is 17.9. The van der Waals surface area contributed by atoms with Gasteiger partial charge in [-0.25, -0.2) is 9.18 Å². The number of carbonyl (C=O) groups is 1. The van der Waals surface area contributed by atoms with Gasteiger partial charge in [-0.05, 0) is 30.7 Å². The van der Waals surface area contributed by atoms with Gasteiger partial charge in [0.05, 0.1) is 11.5 Å². The van der Waals surface area contributed by atoms with Crippen molar-refractivity contribution >= 4 is 34.7 Å². The lowest BCUT2D eigenvalue weighted by molar-refractivity contribution is 0.137. The average molecular weight is 409 g/mol. The van der Waals surface area contributed by atoms with Crippen LogP contribution in [0.15, 0.2) is 24.3 Å². The molecule has 2 aliphatic heterocycles. The van der Waals surface area contributed by atoms with Gasteiger partial charge in [-0.15, -0.1) is 0 Å². The molecule has 0 bridgehead atoms. The third-order valence-corrected chi connectivity index (χ3v) is 5.72. The summed E-state index contributed by atoms with van der Waals surface area (Å²) in [5.74, 6) is 0. The number of piperazine rings is 1. The van der Waals surface area contributed by atoms with E-state index in [9.17, 15) is 9.18 Å². The Balaban J connectivity index is 1.51. The van der Waals surface area contributed by atoms with Crippen molar-refractivity contribution in [2.24, 2.45) is 0 Å². The summed E-state index contributed by atoms with van der Waals surface area (Å²) >= 11 is 5.15. The second-order valence-electron chi connectivity index (χ2n) is 7.14. The highest BCUT2D eigenvalue weighted by Crippen LogP contribution is 2.26. The molecule has 3 rings (SSSR count). The van der Waals surface area contributed by atoms with Crippen molar-refractivity contribution in [3.05, 3.63) is 24.3 Å². The summed E-state index contributed by atoms with van der Waals surface area (Å²) in [6.45, 7) is 7.04. The first kappa shape index (κ1) is 20.8. The maximum absolute atomic E-state index is 12.5. The Morgan fingerprint density at radius 3 is 2.54 bits per heavy atom. The summed E-state index contributed by atoms with van der Waals surface area (Å²) in [5, 5.41) is 3.18. The van der Waals surface area contributed by atoms with Gasteiger partial charge in [0.1, 0.15) is 12.8 Å². The van der Waals surface area contributed by atoms with Crippen molar-refractivity contribution in [3.63, 3.8) is 0 Å². The number of ether oxygens (including phenoxy) is 1. The SMILES string of the molecule is CCC(=S)NCC[C@H]1CN(c2ccc(N3CCN(CCF)CC3)cc2)C(=O)O1. The lowest BCUT2D eigenvalue weighted by Crippen LogP contribution is -2.47. The number of anilines is 2. The topological polar surface area (TPSA) is 48.0 Å². The van der Waals surface area contributed by atoms with Crippen LogP contribution in [-0.2, 0) is 4.74 Å². The highest BCUT2D eigenvalue weighted by molar-refractivity contribution is 7.80. The highest BCUT2D eigenvalue weighted by Gasteiger charge is 2.32. The molecule has 0 aromatic heterocycles. The molecule has 2 fully saturated rings. The van der Waals surface area contributed by atoms with Gasteiger partial charge in [-0.2, -0.15) is 0 Å². The van der Waals surface area contributed by atoms with Crippen LogP contribution in [0.3, 0.4) is 0 Å². The van der Waals surface area contributed by atoms with Gasteiger partial charge in [0.2, 0.25) is 0 Å². The molecule has 154 valence electrons. The molecule has 2 aliphatic rings. The van der Waals surface area contributed by atoms with Crippen LogP contribution in [0.2, 0.25) is 0 Å². The Morgan fingerprint density at radius 1 is 1.21 bits per heavy atom. The van der Waals surface area contributed by atoms with E-state index in [4.69, 9.17) is 17.0 Å². The normalized spacial score (nSPS) is 20.4. The quantitative estimate of drug-likeness (QED) is 0.668. The monoisotopic (exact) mass is 408 g/mol. The molecule has 6 nitrogen and oxygen atoms in total. The fraction of sp³-hybridized carbons (Fsp3) is 0.600. The van der Waals surface area contributed by atoms with Crippen LogP contribution in [-0.4, -0.2) is 74.6 Å². The number of hydrogen-bond donors (Lipinski definition) is 1. The molecule has 0 spiro atoms. The number of nitrogens with one attached hydrogen (secondary N) is 1. The first-order valence-electron chi connectivity index (χ1n) is 9.99. The predicted molar refractivity (Wildman–Crippen MR) is 114 cm³/mol. The van der Waals surface area contributed by atoms with Gasteiger partial charge in [0, 0.05) is 57.1 Å². The lowest BCUT2D eigenvalue weighted by Gasteiger charge is -2.35. The third kappa shape index (κ3) is 5.32. The minimum absolute atomic E-state index is 0.122. The van der Waals surface area contributed by atoms with E-state index >= 15 is 0 Å². The van der Waals surface area contributed by atoms with Gasteiger partial charge in [0.15, 0.2) is 0 Å². The smallest absolute Gasteiger partial charge is 0.414 e. The molecule has 0 saturated carbocycles. The summed E-state index contributed by atoms with van der Waals surface area (Å²) in [5.41, 5.74) is 1.98.